The smallest absolute Gasteiger partial charge is 0.140 e. The summed E-state index contributed by atoms with van der Waals surface area (Å²) in [5.74, 6) is 0.135. The van der Waals surface area contributed by atoms with E-state index in [1.807, 2.05) is 11.3 Å². The van der Waals surface area contributed by atoms with Crippen LogP contribution in [0.1, 0.15) is 31.2 Å². The first-order valence-corrected chi connectivity index (χ1v) is 4.73. The number of rotatable bonds is 1. The fourth-order valence-corrected chi connectivity index (χ4v) is 1.71. The number of hydrogen-bond donors (Lipinski definition) is 0. The maximum Gasteiger partial charge on any atom is 0.140 e. The van der Waals surface area contributed by atoms with E-state index in [0.717, 1.165) is 11.4 Å². The van der Waals surface area contributed by atoms with Gasteiger partial charge in [-0.1, -0.05) is 13.8 Å². The van der Waals surface area contributed by atoms with Gasteiger partial charge >= 0.3 is 0 Å². The molecule has 0 atom stereocenters. The molecule has 74 valence electrons. The van der Waals surface area contributed by atoms with Gasteiger partial charge in [-0.3, -0.25) is 0 Å². The van der Waals surface area contributed by atoms with Crippen molar-refractivity contribution in [3.8, 4) is 0 Å². The van der Waals surface area contributed by atoms with Gasteiger partial charge in [-0.15, -0.1) is 0 Å². The van der Waals surface area contributed by atoms with E-state index in [4.69, 9.17) is 0 Å². The zero-order valence-electron chi connectivity index (χ0n) is 8.58. The first-order chi connectivity index (χ1) is 6.59. The molecule has 0 aromatic carbocycles. The number of nitrogens with zero attached hydrogens (tertiary/aromatic N) is 2. The standard InChI is InChI=1S/C11H13FN2/c1-7(2)11-8(3)14-5-4-9(12)6-10(14)13-11/h4-7H,1-3H3. The van der Waals surface area contributed by atoms with Crippen molar-refractivity contribution in [2.24, 2.45) is 0 Å². The lowest BCUT2D eigenvalue weighted by Crippen LogP contribution is -1.92. The highest BCUT2D eigenvalue weighted by Gasteiger charge is 2.11. The van der Waals surface area contributed by atoms with Crippen molar-refractivity contribution in [1.82, 2.24) is 9.38 Å². The Labute approximate surface area is 82.4 Å². The summed E-state index contributed by atoms with van der Waals surface area (Å²) in [7, 11) is 0. The minimum absolute atomic E-state index is 0.238. The first-order valence-electron chi connectivity index (χ1n) is 4.73. The summed E-state index contributed by atoms with van der Waals surface area (Å²) in [5.41, 5.74) is 2.82. The molecule has 2 aromatic rings. The third-order valence-electron chi connectivity index (χ3n) is 2.41. The topological polar surface area (TPSA) is 17.3 Å². The second-order valence-corrected chi connectivity index (χ2v) is 3.81. The van der Waals surface area contributed by atoms with Crippen molar-refractivity contribution in [1.29, 1.82) is 0 Å². The molecule has 0 N–H and O–H groups in total. The number of halogens is 1. The van der Waals surface area contributed by atoms with Gasteiger partial charge in [0.05, 0.1) is 5.69 Å². The molecule has 0 saturated carbocycles. The lowest BCUT2D eigenvalue weighted by molar-refractivity contribution is 0.626. The average molecular weight is 192 g/mol. The number of aromatic nitrogens is 2. The van der Waals surface area contributed by atoms with Gasteiger partial charge in [0.15, 0.2) is 0 Å². The maximum absolute atomic E-state index is 12.9. The molecule has 2 rings (SSSR count). The third-order valence-corrected chi connectivity index (χ3v) is 2.41. The Morgan fingerprint density at radius 2 is 2.14 bits per heavy atom. The molecule has 0 amide bonds. The molecule has 2 heterocycles. The Bertz CT molecular complexity index is 471. The monoisotopic (exact) mass is 192 g/mol. The van der Waals surface area contributed by atoms with Crippen LogP contribution in [0.5, 0.6) is 0 Å². The Kier molecular flexibility index (Phi) is 2.02. The molecule has 0 aliphatic carbocycles. The Balaban J connectivity index is 2.73. The number of pyridine rings is 1. The summed E-state index contributed by atoms with van der Waals surface area (Å²) in [6.07, 6.45) is 1.72. The quantitative estimate of drug-likeness (QED) is 0.679. The van der Waals surface area contributed by atoms with E-state index in [9.17, 15) is 4.39 Å². The molecule has 0 fully saturated rings. The second-order valence-electron chi connectivity index (χ2n) is 3.81. The Morgan fingerprint density at radius 3 is 2.79 bits per heavy atom. The predicted molar refractivity (Wildman–Crippen MR) is 54.0 cm³/mol. The van der Waals surface area contributed by atoms with E-state index < -0.39 is 0 Å². The first kappa shape index (κ1) is 9.19. The Morgan fingerprint density at radius 1 is 1.43 bits per heavy atom. The van der Waals surface area contributed by atoms with Crippen molar-refractivity contribution >= 4 is 5.65 Å². The molecule has 14 heavy (non-hydrogen) atoms. The van der Waals surface area contributed by atoms with Gasteiger partial charge in [-0.2, -0.15) is 0 Å². The second kappa shape index (κ2) is 3.08. The number of fused-ring (bicyclic) bond motifs is 1. The lowest BCUT2D eigenvalue weighted by Gasteiger charge is -2.00. The summed E-state index contributed by atoms with van der Waals surface area (Å²) in [5, 5.41) is 0. The van der Waals surface area contributed by atoms with E-state index in [2.05, 4.69) is 18.8 Å². The molecular weight excluding hydrogens is 179 g/mol. The fourth-order valence-electron chi connectivity index (χ4n) is 1.71. The van der Waals surface area contributed by atoms with Crippen LogP contribution in [-0.2, 0) is 0 Å². The van der Waals surface area contributed by atoms with E-state index in [1.165, 1.54) is 12.1 Å². The van der Waals surface area contributed by atoms with E-state index >= 15 is 0 Å². The van der Waals surface area contributed by atoms with E-state index in [1.54, 1.807) is 6.20 Å². The summed E-state index contributed by atoms with van der Waals surface area (Å²) in [6, 6.07) is 2.91. The van der Waals surface area contributed by atoms with Gasteiger partial charge < -0.3 is 4.40 Å². The van der Waals surface area contributed by atoms with Crippen LogP contribution in [0.3, 0.4) is 0 Å². The highest BCUT2D eigenvalue weighted by atomic mass is 19.1. The van der Waals surface area contributed by atoms with E-state index in [0.29, 0.717) is 11.6 Å². The SMILES string of the molecule is Cc1c(C(C)C)nc2cc(F)ccn12. The summed E-state index contributed by atoms with van der Waals surface area (Å²) in [6.45, 7) is 6.18. The zero-order chi connectivity index (χ0) is 10.3. The molecule has 0 aliphatic heterocycles. The van der Waals surface area contributed by atoms with E-state index in [-0.39, 0.29) is 5.82 Å². The largest absolute Gasteiger partial charge is 0.304 e. The molecule has 0 saturated heterocycles. The van der Waals surface area contributed by atoms with Crippen molar-refractivity contribution < 1.29 is 4.39 Å². The molecule has 0 bridgehead atoms. The van der Waals surface area contributed by atoms with Gasteiger partial charge in [0.25, 0.3) is 0 Å². The molecule has 0 aliphatic rings. The Hall–Kier alpha value is -1.38. The van der Waals surface area contributed by atoms with Crippen LogP contribution in [-0.4, -0.2) is 9.38 Å². The molecular formula is C11H13FN2. The average Bonchev–Trinajstić information content (AvgIpc) is 2.43. The van der Waals surface area contributed by atoms with Crippen LogP contribution < -0.4 is 0 Å². The molecule has 0 unspecified atom stereocenters. The van der Waals surface area contributed by atoms with Crippen molar-refractivity contribution in [2.45, 2.75) is 26.7 Å². The fraction of sp³-hybridized carbons (Fsp3) is 0.364. The van der Waals surface area contributed by atoms with Crippen LogP contribution in [0.4, 0.5) is 4.39 Å². The molecule has 0 spiro atoms. The minimum Gasteiger partial charge on any atom is -0.304 e. The van der Waals surface area contributed by atoms with Crippen LogP contribution in [0.2, 0.25) is 0 Å². The lowest BCUT2D eigenvalue weighted by atomic mass is 10.1. The van der Waals surface area contributed by atoms with Gasteiger partial charge in [0.1, 0.15) is 11.5 Å². The van der Waals surface area contributed by atoms with Gasteiger partial charge in [-0.05, 0) is 18.9 Å². The molecule has 2 nitrogen and oxygen atoms in total. The normalized spacial score (nSPS) is 11.5. The predicted octanol–water partition coefficient (Wildman–Crippen LogP) is 2.91. The van der Waals surface area contributed by atoms with Crippen LogP contribution in [0.15, 0.2) is 18.3 Å². The van der Waals surface area contributed by atoms with Gasteiger partial charge in [0.2, 0.25) is 0 Å². The number of imidazole rings is 1. The zero-order valence-corrected chi connectivity index (χ0v) is 8.58. The number of hydrogen-bond acceptors (Lipinski definition) is 1. The summed E-state index contributed by atoms with van der Waals surface area (Å²) in [4.78, 5) is 4.40. The maximum atomic E-state index is 12.9. The van der Waals surface area contributed by atoms with Crippen LogP contribution in [0, 0.1) is 12.7 Å². The van der Waals surface area contributed by atoms with Crippen molar-refractivity contribution in [3.05, 3.63) is 35.5 Å². The minimum atomic E-state index is -0.238. The summed E-state index contributed by atoms with van der Waals surface area (Å²) >= 11 is 0. The molecule has 0 radical (unpaired) electrons. The third kappa shape index (κ3) is 1.29. The van der Waals surface area contributed by atoms with Crippen LogP contribution >= 0.6 is 0 Å². The van der Waals surface area contributed by atoms with Gasteiger partial charge in [0, 0.05) is 18.0 Å². The molecule has 3 heteroatoms. The van der Waals surface area contributed by atoms with Crippen molar-refractivity contribution in [3.63, 3.8) is 0 Å². The molecule has 2 aromatic heterocycles. The van der Waals surface area contributed by atoms with Gasteiger partial charge in [-0.25, -0.2) is 9.37 Å². The summed E-state index contributed by atoms with van der Waals surface area (Å²) < 4.78 is 14.8. The number of aryl methyl sites for hydroxylation is 1. The van der Waals surface area contributed by atoms with Crippen molar-refractivity contribution in [2.75, 3.05) is 0 Å². The highest BCUT2D eigenvalue weighted by molar-refractivity contribution is 5.43. The van der Waals surface area contributed by atoms with Crippen LogP contribution in [0.25, 0.3) is 5.65 Å². The highest BCUT2D eigenvalue weighted by Crippen LogP contribution is 2.19.